The molecule has 2 aliphatic rings. The fraction of sp³-hybridized carbons (Fsp3) is 0.200. The molecule has 2 aliphatic heterocycles. The molecule has 118 heavy (non-hydrogen) atoms. The average Bonchev–Trinajstić information content (AvgIpc) is 0.669. The third kappa shape index (κ3) is 15.9. The fourth-order valence-electron chi connectivity index (χ4n) is 16.0. The number of imide groups is 2. The number of ether oxygens (including phenoxy) is 4. The Bertz CT molecular complexity index is 5610. The third-order valence-corrected chi connectivity index (χ3v) is 21.7. The van der Waals surface area contributed by atoms with Crippen molar-refractivity contribution in [1.82, 2.24) is 31.1 Å². The van der Waals surface area contributed by atoms with E-state index in [2.05, 4.69) is 58.7 Å². The quantitative estimate of drug-likeness (QED) is 0.0108. The van der Waals surface area contributed by atoms with Crippen LogP contribution in [0.5, 0.6) is 46.0 Å². The second kappa shape index (κ2) is 33.8. The van der Waals surface area contributed by atoms with Gasteiger partial charge in [0, 0.05) is 80.4 Å². The van der Waals surface area contributed by atoms with Gasteiger partial charge in [-0.3, -0.25) is 48.2 Å². The minimum atomic E-state index is -1.39. The lowest BCUT2D eigenvalue weighted by Crippen LogP contribution is -2.54. The normalized spacial score (nSPS) is 12.9. The number of hydrogen-bond donors (Lipinski definition) is 4. The van der Waals surface area contributed by atoms with E-state index in [4.69, 9.17) is 18.9 Å². The number of carbonyl (C=O) groups excluding carboxylic acids is 8. The van der Waals surface area contributed by atoms with Crippen LogP contribution in [0.25, 0.3) is 87.6 Å². The summed E-state index contributed by atoms with van der Waals surface area (Å²) in [7, 11) is 0. The van der Waals surface area contributed by atoms with Crippen molar-refractivity contribution in [3.63, 3.8) is 0 Å². The summed E-state index contributed by atoms with van der Waals surface area (Å²) < 4.78 is 30.2. The van der Waals surface area contributed by atoms with Crippen LogP contribution in [0.3, 0.4) is 0 Å². The van der Waals surface area contributed by atoms with Gasteiger partial charge < -0.3 is 40.2 Å². The van der Waals surface area contributed by atoms with E-state index in [1.165, 1.54) is 0 Å². The molecular weight excluding hydrogens is 1480 g/mol. The van der Waals surface area contributed by atoms with Crippen LogP contribution >= 0.6 is 0 Å². The highest BCUT2D eigenvalue weighted by molar-refractivity contribution is 6.45. The van der Waals surface area contributed by atoms with E-state index in [-0.39, 0.29) is 139 Å². The first-order valence-electron chi connectivity index (χ1n) is 40.0. The second-order valence-corrected chi connectivity index (χ2v) is 30.6. The second-order valence-electron chi connectivity index (χ2n) is 30.6. The van der Waals surface area contributed by atoms with Crippen LogP contribution in [-0.4, -0.2) is 95.3 Å². The van der Waals surface area contributed by atoms with Crippen LogP contribution in [0, 0.1) is 27.7 Å². The Balaban J connectivity index is 1.09. The van der Waals surface area contributed by atoms with Gasteiger partial charge in [0.05, 0.1) is 22.3 Å². The van der Waals surface area contributed by atoms with E-state index in [1.54, 1.807) is 62.4 Å². The summed E-state index contributed by atoms with van der Waals surface area (Å²) >= 11 is 0. The monoisotopic (exact) mass is 1570 g/mol. The van der Waals surface area contributed by atoms with Gasteiger partial charge in [-0.2, -0.15) is 0 Å². The van der Waals surface area contributed by atoms with Crippen molar-refractivity contribution in [2.75, 3.05) is 26.2 Å². The van der Waals surface area contributed by atoms with Gasteiger partial charge in [0.15, 0.2) is 0 Å². The standard InChI is InChI=1S/C100H90N6O12/c1-11-13-39-79(95(109)103-43-41-101-93(107)57(3)4)105-97(111)75-53-81(115-71-35-19-31-67(49-71)63-27-15-23-59(7)45-63)87-89-83(117-73-37-21-33-69(51-73)65-29-17-25-61(9)47-65)55-77-86-78(100(114)106(99(77)113)80(40-14-12-2)96(110)104-44-42-102-94(108)58(5)6)56-84(118-74-38-22-34-70(52-74)66-30-18-26-62(10)48-66)90(92(86)89)88-82(54-76(98(105)112)85(75)91(87)88)116-72-36-20-32-68(50-72)64-28-16-24-60(8)46-64/h15-38,45-56,79-80H,3,5,11-14,39-44H2,1-2,4,6-10H3,(H,101,107)(H,102,108)(H,103,109)(H,104,110). The zero-order valence-electron chi connectivity index (χ0n) is 67.2. The minimum absolute atomic E-state index is 0.0207. The van der Waals surface area contributed by atoms with Gasteiger partial charge in [0.1, 0.15) is 58.1 Å². The highest BCUT2D eigenvalue weighted by Crippen LogP contribution is 2.59. The van der Waals surface area contributed by atoms with Gasteiger partial charge in [-0.05, 0) is 172 Å². The molecule has 2 heterocycles. The number of fused-ring (bicyclic) bond motifs is 2. The van der Waals surface area contributed by atoms with Gasteiger partial charge in [-0.1, -0.05) is 221 Å². The summed E-state index contributed by atoms with van der Waals surface area (Å²) in [6.07, 6.45) is 2.13. The van der Waals surface area contributed by atoms with Gasteiger partial charge in [-0.15, -0.1) is 0 Å². The highest BCUT2D eigenvalue weighted by atomic mass is 16.5. The molecule has 0 bridgehead atoms. The van der Waals surface area contributed by atoms with Crippen molar-refractivity contribution >= 4 is 90.3 Å². The van der Waals surface area contributed by atoms with Gasteiger partial charge in [-0.25, -0.2) is 0 Å². The topological polar surface area (TPSA) is 228 Å². The largest absolute Gasteiger partial charge is 0.457 e. The Kier molecular flexibility index (Phi) is 22.7. The molecule has 592 valence electrons. The lowest BCUT2D eigenvalue weighted by atomic mass is 9.80. The number of rotatable bonds is 30. The summed E-state index contributed by atoms with van der Waals surface area (Å²) in [4.78, 5) is 125. The number of unbranched alkanes of at least 4 members (excludes halogenated alkanes) is 2. The first-order valence-corrected chi connectivity index (χ1v) is 40.0. The molecule has 0 radical (unpaired) electrons. The van der Waals surface area contributed by atoms with E-state index >= 15 is 28.8 Å². The van der Waals surface area contributed by atoms with Crippen molar-refractivity contribution in [2.24, 2.45) is 0 Å². The van der Waals surface area contributed by atoms with Crippen LogP contribution in [0.2, 0.25) is 0 Å². The molecule has 0 spiro atoms. The zero-order valence-corrected chi connectivity index (χ0v) is 67.2. The van der Waals surface area contributed by atoms with Gasteiger partial charge in [0.25, 0.3) is 23.6 Å². The van der Waals surface area contributed by atoms with Crippen molar-refractivity contribution < 1.29 is 57.3 Å². The summed E-state index contributed by atoms with van der Waals surface area (Å²) in [5.41, 5.74) is 11.2. The molecule has 0 fully saturated rings. The molecule has 13 aromatic rings. The molecule has 2 atom stereocenters. The van der Waals surface area contributed by atoms with Gasteiger partial charge in [0.2, 0.25) is 23.6 Å². The SMILES string of the molecule is C=C(C)C(=O)NCCNC(=O)C(CCCC)N1C(=O)c2cc(Oc3cccc(-c4cccc(C)c4)c3)c3c4c(Oc5cccc(-c6cccc(C)c6)c5)cc5c6c(cc(Oc7cccc(-c8cccc(C)c8)c7)c(c7c(Oc8cccc(-c9cccc(C)c9)c8)cc(c2c37)C1=O)c64)C(=O)N(C(CCCC)C(=O)NCCNC(=O)C(=C)C)C5=O. The Labute approximate surface area is 684 Å². The van der Waals surface area contributed by atoms with E-state index in [9.17, 15) is 9.59 Å². The molecule has 4 N–H and O–H groups in total. The molecule has 18 heteroatoms. The number of aryl methyl sites for hydroxylation is 4. The molecule has 8 amide bonds. The van der Waals surface area contributed by atoms with E-state index in [1.807, 2.05) is 187 Å². The number of benzene rings is 13. The van der Waals surface area contributed by atoms with Crippen LogP contribution in [0.1, 0.15) is 130 Å². The smallest absolute Gasteiger partial charge is 0.262 e. The van der Waals surface area contributed by atoms with E-state index < -0.39 is 59.3 Å². The minimum Gasteiger partial charge on any atom is -0.457 e. The highest BCUT2D eigenvalue weighted by Gasteiger charge is 2.46. The van der Waals surface area contributed by atoms with Gasteiger partial charge >= 0.3 is 0 Å². The van der Waals surface area contributed by atoms with E-state index in [0.717, 1.165) is 76.6 Å². The number of hydrogen-bond acceptors (Lipinski definition) is 12. The lowest BCUT2D eigenvalue weighted by Gasteiger charge is -2.36. The molecule has 0 saturated carbocycles. The molecule has 13 aromatic carbocycles. The maximum atomic E-state index is 16.7. The Morgan fingerprint density at radius 1 is 0.322 bits per heavy atom. The van der Waals surface area contributed by atoms with Crippen molar-refractivity contribution in [2.45, 2.75) is 106 Å². The van der Waals surface area contributed by atoms with Crippen molar-refractivity contribution in [3.05, 3.63) is 287 Å². The predicted octanol–water partition coefficient (Wildman–Crippen LogP) is 20.7. The molecule has 0 saturated heterocycles. The average molecular weight is 1570 g/mol. The summed E-state index contributed by atoms with van der Waals surface area (Å²) in [6, 6.07) is 65.8. The van der Waals surface area contributed by atoms with Crippen LogP contribution in [0.15, 0.2) is 243 Å². The molecular formula is C100H90N6O12. The molecule has 18 nitrogen and oxygen atoms in total. The Hall–Kier alpha value is -14.0. The first kappa shape index (κ1) is 79.2. The maximum Gasteiger partial charge on any atom is 0.262 e. The number of carbonyl (C=O) groups is 8. The fourth-order valence-corrected chi connectivity index (χ4v) is 16.0. The van der Waals surface area contributed by atoms with E-state index in [0.29, 0.717) is 48.7 Å². The summed E-state index contributed by atoms with van der Waals surface area (Å²) in [6.45, 7) is 22.5. The zero-order chi connectivity index (χ0) is 82.7. The van der Waals surface area contributed by atoms with Crippen LogP contribution in [-0.2, 0) is 19.2 Å². The molecule has 0 aliphatic carbocycles. The number of nitrogens with zero attached hydrogens (tertiary/aromatic N) is 2. The molecule has 0 aromatic heterocycles. The lowest BCUT2D eigenvalue weighted by molar-refractivity contribution is -0.126. The first-order chi connectivity index (χ1) is 57.0. The number of amides is 8. The Morgan fingerprint density at radius 2 is 0.559 bits per heavy atom. The molecule has 15 rings (SSSR count). The van der Waals surface area contributed by atoms with Crippen molar-refractivity contribution in [3.8, 4) is 90.5 Å². The Morgan fingerprint density at radius 3 is 0.797 bits per heavy atom. The maximum absolute atomic E-state index is 16.7. The summed E-state index contributed by atoms with van der Waals surface area (Å²) in [5, 5.41) is 13.1. The number of nitrogens with one attached hydrogen (secondary N) is 4. The van der Waals surface area contributed by atoms with Crippen LogP contribution in [0.4, 0.5) is 0 Å². The molecule has 2 unspecified atom stereocenters. The van der Waals surface area contributed by atoms with Crippen LogP contribution < -0.4 is 40.2 Å². The summed E-state index contributed by atoms with van der Waals surface area (Å²) in [5.74, 6) is -3.93. The third-order valence-electron chi connectivity index (χ3n) is 21.7. The predicted molar refractivity (Wildman–Crippen MR) is 464 cm³/mol. The van der Waals surface area contributed by atoms with Crippen molar-refractivity contribution in [1.29, 1.82) is 0 Å².